The normalized spacial score (nSPS) is 26.2. The number of hydrogen-bond donors (Lipinski definition) is 1. The molecule has 1 aliphatic carbocycles. The molecule has 1 saturated heterocycles. The van der Waals surface area contributed by atoms with E-state index in [1.165, 1.54) is 38.5 Å². The van der Waals surface area contributed by atoms with Crippen molar-refractivity contribution in [2.75, 3.05) is 13.1 Å². The maximum atomic E-state index is 11.8. The summed E-state index contributed by atoms with van der Waals surface area (Å²) in [6.45, 7) is 7.81. The fourth-order valence-corrected chi connectivity index (χ4v) is 3.33. The van der Waals surface area contributed by atoms with Crippen LogP contribution >= 0.6 is 0 Å². The predicted octanol–water partition coefficient (Wildman–Crippen LogP) is 3.31. The van der Waals surface area contributed by atoms with Crippen LogP contribution in [0.25, 0.3) is 0 Å². The van der Waals surface area contributed by atoms with Crippen molar-refractivity contribution in [2.45, 2.75) is 83.4 Å². The van der Waals surface area contributed by atoms with Crippen LogP contribution in [-0.2, 0) is 4.74 Å². The molecule has 0 aromatic carbocycles. The molecular weight excluding hydrogens is 252 g/mol. The number of likely N-dealkylation sites (tertiary alicyclic amines) is 1. The van der Waals surface area contributed by atoms with Gasteiger partial charge in [0, 0.05) is 25.2 Å². The van der Waals surface area contributed by atoms with Gasteiger partial charge in [-0.2, -0.15) is 0 Å². The Morgan fingerprint density at radius 1 is 1.10 bits per heavy atom. The van der Waals surface area contributed by atoms with Crippen molar-refractivity contribution in [3.8, 4) is 0 Å². The average Bonchev–Trinajstić information content (AvgIpc) is 2.61. The summed E-state index contributed by atoms with van der Waals surface area (Å²) in [5.74, 6) is 0. The van der Waals surface area contributed by atoms with Crippen LogP contribution in [0.5, 0.6) is 0 Å². The lowest BCUT2D eigenvalue weighted by atomic mass is 10.1. The first-order chi connectivity index (χ1) is 9.44. The highest BCUT2D eigenvalue weighted by atomic mass is 16.6. The first-order valence-corrected chi connectivity index (χ1v) is 8.17. The molecule has 1 saturated carbocycles. The molecule has 0 radical (unpaired) electrons. The van der Waals surface area contributed by atoms with Gasteiger partial charge in [0.15, 0.2) is 0 Å². The molecular formula is C16H30N2O2. The third kappa shape index (κ3) is 4.97. The first kappa shape index (κ1) is 15.6. The van der Waals surface area contributed by atoms with Crippen molar-refractivity contribution in [1.29, 1.82) is 0 Å². The number of nitrogens with one attached hydrogen (secondary N) is 1. The van der Waals surface area contributed by atoms with E-state index in [-0.39, 0.29) is 12.1 Å². The van der Waals surface area contributed by atoms with E-state index < -0.39 is 5.60 Å². The van der Waals surface area contributed by atoms with Crippen LogP contribution in [0.3, 0.4) is 0 Å². The molecule has 1 heterocycles. The van der Waals surface area contributed by atoms with E-state index in [1.807, 2.05) is 20.8 Å². The van der Waals surface area contributed by atoms with Crippen molar-refractivity contribution in [1.82, 2.24) is 10.2 Å². The van der Waals surface area contributed by atoms with Gasteiger partial charge in [0.05, 0.1) is 0 Å². The van der Waals surface area contributed by atoms with Gasteiger partial charge in [-0.1, -0.05) is 25.7 Å². The summed E-state index contributed by atoms with van der Waals surface area (Å²) in [5.41, 5.74) is -0.413. The molecule has 1 amide bonds. The molecule has 2 fully saturated rings. The number of ether oxygens (including phenoxy) is 1. The molecule has 0 aromatic heterocycles. The summed E-state index contributed by atoms with van der Waals surface area (Å²) < 4.78 is 5.33. The highest BCUT2D eigenvalue weighted by Gasteiger charge is 2.30. The number of nitrogens with zero attached hydrogens (tertiary/aromatic N) is 1. The van der Waals surface area contributed by atoms with E-state index in [1.54, 1.807) is 0 Å². The second-order valence-corrected chi connectivity index (χ2v) is 7.27. The van der Waals surface area contributed by atoms with Gasteiger partial charge in [-0.25, -0.2) is 4.79 Å². The Labute approximate surface area is 123 Å². The molecule has 0 spiro atoms. The van der Waals surface area contributed by atoms with E-state index in [9.17, 15) is 4.79 Å². The SMILES string of the molecule is CC(C)(C)OC(=O)N[C@@H]1CCN(C2CCCCCC2)C1. The molecule has 0 aromatic rings. The van der Waals surface area contributed by atoms with Gasteiger partial charge >= 0.3 is 6.09 Å². The van der Waals surface area contributed by atoms with Gasteiger partial charge < -0.3 is 10.1 Å². The van der Waals surface area contributed by atoms with E-state index in [4.69, 9.17) is 4.74 Å². The fourth-order valence-electron chi connectivity index (χ4n) is 3.33. The maximum absolute atomic E-state index is 11.8. The Morgan fingerprint density at radius 3 is 2.35 bits per heavy atom. The van der Waals surface area contributed by atoms with E-state index in [0.717, 1.165) is 25.6 Å². The minimum absolute atomic E-state index is 0.258. The lowest BCUT2D eigenvalue weighted by molar-refractivity contribution is 0.0504. The third-order valence-corrected chi connectivity index (χ3v) is 4.28. The van der Waals surface area contributed by atoms with Gasteiger partial charge in [0.25, 0.3) is 0 Å². The van der Waals surface area contributed by atoms with E-state index >= 15 is 0 Å². The van der Waals surface area contributed by atoms with Crippen molar-refractivity contribution < 1.29 is 9.53 Å². The van der Waals surface area contributed by atoms with Gasteiger partial charge in [0.2, 0.25) is 0 Å². The number of rotatable bonds is 2. The zero-order chi connectivity index (χ0) is 14.6. The molecule has 116 valence electrons. The van der Waals surface area contributed by atoms with E-state index in [2.05, 4.69) is 10.2 Å². The van der Waals surface area contributed by atoms with Crippen molar-refractivity contribution in [3.63, 3.8) is 0 Å². The second-order valence-electron chi connectivity index (χ2n) is 7.27. The van der Waals surface area contributed by atoms with Crippen LogP contribution in [0.15, 0.2) is 0 Å². The van der Waals surface area contributed by atoms with Crippen molar-refractivity contribution >= 4 is 6.09 Å². The Hall–Kier alpha value is -0.770. The summed E-state index contributed by atoms with van der Waals surface area (Å²) in [5, 5.41) is 3.02. The van der Waals surface area contributed by atoms with Crippen molar-refractivity contribution in [2.24, 2.45) is 0 Å². The summed E-state index contributed by atoms with van der Waals surface area (Å²) in [4.78, 5) is 14.4. The van der Waals surface area contributed by atoms with Gasteiger partial charge in [0.1, 0.15) is 5.60 Å². The van der Waals surface area contributed by atoms with Crippen LogP contribution < -0.4 is 5.32 Å². The first-order valence-electron chi connectivity index (χ1n) is 8.17. The maximum Gasteiger partial charge on any atom is 0.407 e. The Balaban J connectivity index is 1.75. The minimum Gasteiger partial charge on any atom is -0.444 e. The topological polar surface area (TPSA) is 41.6 Å². The Bertz CT molecular complexity index is 317. The van der Waals surface area contributed by atoms with Gasteiger partial charge in [-0.3, -0.25) is 4.90 Å². The monoisotopic (exact) mass is 282 g/mol. The molecule has 1 aliphatic heterocycles. The molecule has 2 rings (SSSR count). The van der Waals surface area contributed by atoms with Crippen LogP contribution in [0.4, 0.5) is 4.79 Å². The summed E-state index contributed by atoms with van der Waals surface area (Å²) >= 11 is 0. The van der Waals surface area contributed by atoms with Crippen LogP contribution in [0.1, 0.15) is 65.7 Å². The molecule has 4 heteroatoms. The molecule has 20 heavy (non-hydrogen) atoms. The molecule has 0 bridgehead atoms. The highest BCUT2D eigenvalue weighted by Crippen LogP contribution is 2.25. The van der Waals surface area contributed by atoms with Crippen LogP contribution in [0.2, 0.25) is 0 Å². The lowest BCUT2D eigenvalue weighted by Crippen LogP contribution is -2.42. The average molecular weight is 282 g/mol. The third-order valence-electron chi connectivity index (χ3n) is 4.28. The summed E-state index contributed by atoms with van der Waals surface area (Å²) in [6, 6.07) is 0.996. The number of hydrogen-bond acceptors (Lipinski definition) is 3. The molecule has 1 atom stereocenters. The molecule has 4 nitrogen and oxygen atoms in total. The number of amides is 1. The molecule has 2 aliphatic rings. The Morgan fingerprint density at radius 2 is 1.75 bits per heavy atom. The van der Waals surface area contributed by atoms with Gasteiger partial charge in [-0.05, 0) is 40.0 Å². The lowest BCUT2D eigenvalue weighted by Gasteiger charge is -2.27. The number of carbonyl (C=O) groups is 1. The molecule has 0 unspecified atom stereocenters. The smallest absolute Gasteiger partial charge is 0.407 e. The fraction of sp³-hybridized carbons (Fsp3) is 0.938. The van der Waals surface area contributed by atoms with Gasteiger partial charge in [-0.15, -0.1) is 0 Å². The zero-order valence-corrected chi connectivity index (χ0v) is 13.3. The van der Waals surface area contributed by atoms with Crippen LogP contribution in [0, 0.1) is 0 Å². The summed E-state index contributed by atoms with van der Waals surface area (Å²) in [7, 11) is 0. The highest BCUT2D eigenvalue weighted by molar-refractivity contribution is 5.68. The van der Waals surface area contributed by atoms with E-state index in [0.29, 0.717) is 0 Å². The number of alkyl carbamates (subject to hydrolysis) is 1. The predicted molar refractivity (Wildman–Crippen MR) is 80.8 cm³/mol. The second kappa shape index (κ2) is 6.79. The minimum atomic E-state index is -0.413. The number of carbonyl (C=O) groups excluding carboxylic acids is 1. The Kier molecular flexibility index (Phi) is 5.30. The summed E-state index contributed by atoms with van der Waals surface area (Å²) in [6.07, 6.45) is 8.96. The standard InChI is InChI=1S/C16H30N2O2/c1-16(2,3)20-15(19)17-13-10-11-18(12-13)14-8-6-4-5-7-9-14/h13-14H,4-12H2,1-3H3,(H,17,19)/t13-/m1/s1. The van der Waals surface area contributed by atoms with Crippen LogP contribution in [-0.4, -0.2) is 41.8 Å². The molecule has 1 N–H and O–H groups in total. The largest absolute Gasteiger partial charge is 0.444 e. The quantitative estimate of drug-likeness (QED) is 0.790. The zero-order valence-electron chi connectivity index (χ0n) is 13.3. The van der Waals surface area contributed by atoms with Crippen molar-refractivity contribution in [3.05, 3.63) is 0 Å².